The number of ether oxygens (including phenoxy) is 1. The Bertz CT molecular complexity index is 755. The Morgan fingerprint density at radius 2 is 2.41 bits per heavy atom. The number of nitrogens with zero attached hydrogens (tertiary/aromatic N) is 5. The molecule has 2 aromatic heterocycles. The van der Waals surface area contributed by atoms with Gasteiger partial charge in [0.15, 0.2) is 17.0 Å². The van der Waals surface area contributed by atoms with Crippen molar-refractivity contribution in [2.24, 2.45) is 0 Å². The van der Waals surface area contributed by atoms with Gasteiger partial charge in [-0.25, -0.2) is 4.98 Å². The number of hydrogen-bond acceptors (Lipinski definition) is 9. The fraction of sp³-hybridized carbons (Fsp3) is 0.500. The Hall–Kier alpha value is -2.48. The molecule has 3 atom stereocenters. The predicted molar refractivity (Wildman–Crippen MR) is 75.5 cm³/mol. The lowest BCUT2D eigenvalue weighted by atomic mass is 10.00. The van der Waals surface area contributed by atoms with Gasteiger partial charge in [-0.1, -0.05) is 0 Å². The van der Waals surface area contributed by atoms with Gasteiger partial charge in [-0.05, 0) is 0 Å². The minimum atomic E-state index is -1.65. The summed E-state index contributed by atoms with van der Waals surface area (Å²) >= 11 is 0. The third kappa shape index (κ3) is 1.95. The number of nitrogens with one attached hydrogen (secondary N) is 1. The van der Waals surface area contributed by atoms with Gasteiger partial charge < -0.3 is 26.0 Å². The Balaban J connectivity index is 2.06. The molecule has 1 fully saturated rings. The molecule has 0 unspecified atom stereocenters. The molecule has 1 aliphatic heterocycles. The molecule has 0 radical (unpaired) electrons. The summed E-state index contributed by atoms with van der Waals surface area (Å²) in [6.07, 6.45) is -0.209. The molecule has 0 aliphatic carbocycles. The number of aliphatic hydroxyl groups excluding tert-OH is 2. The SMILES string of the molecule is CNc1nc(N)nc2c1ncn2[C@H]1C[C@H](O)[C@@](C#N)(CO)O1. The third-order valence-corrected chi connectivity index (χ3v) is 3.72. The van der Waals surface area contributed by atoms with Crippen LogP contribution in [0.4, 0.5) is 11.8 Å². The second-order valence-corrected chi connectivity index (χ2v) is 4.99. The second-order valence-electron chi connectivity index (χ2n) is 4.99. The third-order valence-electron chi connectivity index (χ3n) is 3.72. The maximum Gasteiger partial charge on any atom is 0.224 e. The Labute approximate surface area is 125 Å². The number of nitrogens with two attached hydrogens (primary N) is 1. The zero-order chi connectivity index (χ0) is 15.9. The average molecular weight is 305 g/mol. The lowest BCUT2D eigenvalue weighted by Crippen LogP contribution is -2.41. The Morgan fingerprint density at radius 3 is 3.00 bits per heavy atom. The number of rotatable bonds is 3. The molecule has 3 heterocycles. The minimum absolute atomic E-state index is 0.0610. The van der Waals surface area contributed by atoms with Crippen molar-refractivity contribution in [1.29, 1.82) is 5.26 Å². The largest absolute Gasteiger partial charge is 0.392 e. The maximum absolute atomic E-state index is 10.0. The molecule has 10 heteroatoms. The molecule has 0 amide bonds. The summed E-state index contributed by atoms with van der Waals surface area (Å²) in [5.41, 5.74) is 4.94. The second kappa shape index (κ2) is 5.06. The Morgan fingerprint density at radius 1 is 1.64 bits per heavy atom. The summed E-state index contributed by atoms with van der Waals surface area (Å²) in [6.45, 7) is -0.604. The van der Waals surface area contributed by atoms with Gasteiger partial charge in [0.25, 0.3) is 0 Å². The highest BCUT2D eigenvalue weighted by Crippen LogP contribution is 2.37. The topological polar surface area (TPSA) is 155 Å². The van der Waals surface area contributed by atoms with Crippen molar-refractivity contribution in [3.8, 4) is 6.07 Å². The van der Waals surface area contributed by atoms with E-state index in [-0.39, 0.29) is 12.4 Å². The average Bonchev–Trinajstić information content (AvgIpc) is 3.07. The van der Waals surface area contributed by atoms with Gasteiger partial charge in [-0.3, -0.25) is 4.57 Å². The molecule has 10 nitrogen and oxygen atoms in total. The van der Waals surface area contributed by atoms with Gasteiger partial charge in [-0.15, -0.1) is 0 Å². The zero-order valence-corrected chi connectivity index (χ0v) is 11.8. The lowest BCUT2D eigenvalue weighted by molar-refractivity contribution is -0.0904. The standard InChI is InChI=1S/C12H15N7O3/c1-15-9-8-10(18-11(14)17-9)19(5-16-8)7-2-6(21)12(3-13,4-20)22-7/h5-7,20-21H,2,4H2,1H3,(H3,14,15,17,18)/t6-,7+,12+/m0/s1. The lowest BCUT2D eigenvalue weighted by Gasteiger charge is -2.21. The molecular weight excluding hydrogens is 290 g/mol. The molecule has 0 spiro atoms. The van der Waals surface area contributed by atoms with Crippen molar-refractivity contribution in [3.63, 3.8) is 0 Å². The van der Waals surface area contributed by atoms with Gasteiger partial charge in [-0.2, -0.15) is 15.2 Å². The van der Waals surface area contributed by atoms with E-state index in [0.717, 1.165) is 0 Å². The van der Waals surface area contributed by atoms with Crippen LogP contribution in [0.1, 0.15) is 12.6 Å². The molecule has 1 aliphatic rings. The van der Waals surface area contributed by atoms with Crippen LogP contribution < -0.4 is 11.1 Å². The molecule has 1 saturated heterocycles. The summed E-state index contributed by atoms with van der Waals surface area (Å²) in [6, 6.07) is 1.83. The first-order valence-electron chi connectivity index (χ1n) is 6.60. The van der Waals surface area contributed by atoms with E-state index in [9.17, 15) is 10.2 Å². The molecule has 0 bridgehead atoms. The first-order chi connectivity index (χ1) is 10.5. The van der Waals surface area contributed by atoms with Gasteiger partial charge >= 0.3 is 0 Å². The first kappa shape index (κ1) is 14.5. The van der Waals surface area contributed by atoms with Crippen LogP contribution >= 0.6 is 0 Å². The zero-order valence-electron chi connectivity index (χ0n) is 11.8. The first-order valence-corrected chi connectivity index (χ1v) is 6.60. The number of nitrogen functional groups attached to an aromatic ring is 1. The van der Waals surface area contributed by atoms with Crippen molar-refractivity contribution in [1.82, 2.24) is 19.5 Å². The van der Waals surface area contributed by atoms with Crippen molar-refractivity contribution in [2.45, 2.75) is 24.4 Å². The molecule has 5 N–H and O–H groups in total. The molecule has 2 aromatic rings. The quantitative estimate of drug-likeness (QED) is 0.557. The maximum atomic E-state index is 10.0. The number of anilines is 2. The summed E-state index contributed by atoms with van der Waals surface area (Å²) < 4.78 is 7.13. The van der Waals surface area contributed by atoms with Gasteiger partial charge in [0.1, 0.15) is 18.4 Å². The number of aromatic nitrogens is 4. The van der Waals surface area contributed by atoms with E-state index in [0.29, 0.717) is 17.0 Å². The molecule has 0 saturated carbocycles. The normalized spacial score (nSPS) is 27.9. The Kier molecular flexibility index (Phi) is 3.32. The molecule has 0 aromatic carbocycles. The van der Waals surface area contributed by atoms with Crippen LogP contribution in [0.2, 0.25) is 0 Å². The van der Waals surface area contributed by atoms with E-state index in [1.165, 1.54) is 6.33 Å². The van der Waals surface area contributed by atoms with Crippen LogP contribution in [-0.2, 0) is 4.74 Å². The van der Waals surface area contributed by atoms with Crippen LogP contribution in [0.25, 0.3) is 11.2 Å². The summed E-state index contributed by atoms with van der Waals surface area (Å²) in [7, 11) is 1.68. The highest BCUT2D eigenvalue weighted by molar-refractivity contribution is 5.84. The number of hydrogen-bond donors (Lipinski definition) is 4. The van der Waals surface area contributed by atoms with Crippen molar-refractivity contribution >= 4 is 22.9 Å². The highest BCUT2D eigenvalue weighted by Gasteiger charge is 2.49. The number of aliphatic hydroxyl groups is 2. The summed E-state index contributed by atoms with van der Waals surface area (Å²) in [5, 5.41) is 31.4. The van der Waals surface area contributed by atoms with Crippen molar-refractivity contribution in [3.05, 3.63) is 6.33 Å². The predicted octanol–water partition coefficient (Wildman–Crippen LogP) is -1.02. The van der Waals surface area contributed by atoms with E-state index in [4.69, 9.17) is 15.7 Å². The monoisotopic (exact) mass is 305 g/mol. The fourth-order valence-electron chi connectivity index (χ4n) is 2.52. The van der Waals surface area contributed by atoms with Crippen LogP contribution in [0.5, 0.6) is 0 Å². The summed E-state index contributed by atoms with van der Waals surface area (Å²) in [4.78, 5) is 12.4. The van der Waals surface area contributed by atoms with E-state index in [2.05, 4.69) is 20.3 Å². The molecule has 22 heavy (non-hydrogen) atoms. The fourth-order valence-corrected chi connectivity index (χ4v) is 2.52. The van der Waals surface area contributed by atoms with E-state index < -0.39 is 24.5 Å². The van der Waals surface area contributed by atoms with Crippen LogP contribution in [-0.4, -0.2) is 55.1 Å². The van der Waals surface area contributed by atoms with E-state index in [1.807, 2.05) is 6.07 Å². The van der Waals surface area contributed by atoms with Crippen LogP contribution in [0.3, 0.4) is 0 Å². The molecule has 116 valence electrons. The number of nitriles is 1. The van der Waals surface area contributed by atoms with Crippen LogP contribution in [0, 0.1) is 11.3 Å². The molecular formula is C12H15N7O3. The minimum Gasteiger partial charge on any atom is -0.392 e. The van der Waals surface area contributed by atoms with Gasteiger partial charge in [0.05, 0.1) is 12.9 Å². The molecule has 3 rings (SSSR count). The number of fused-ring (bicyclic) bond motifs is 1. The van der Waals surface area contributed by atoms with Gasteiger partial charge in [0, 0.05) is 13.5 Å². The smallest absolute Gasteiger partial charge is 0.224 e. The number of imidazole rings is 1. The van der Waals surface area contributed by atoms with E-state index in [1.54, 1.807) is 11.6 Å². The highest BCUT2D eigenvalue weighted by atomic mass is 16.6. The van der Waals surface area contributed by atoms with Crippen molar-refractivity contribution < 1.29 is 14.9 Å². The van der Waals surface area contributed by atoms with Gasteiger partial charge in [0.2, 0.25) is 11.5 Å². The van der Waals surface area contributed by atoms with E-state index >= 15 is 0 Å². The van der Waals surface area contributed by atoms with Crippen molar-refractivity contribution in [2.75, 3.05) is 24.7 Å². The summed E-state index contributed by atoms with van der Waals surface area (Å²) in [5.74, 6) is 0.527. The van der Waals surface area contributed by atoms with Crippen LogP contribution in [0.15, 0.2) is 6.33 Å².